The first-order valence-electron chi connectivity index (χ1n) is 9.69. The summed E-state index contributed by atoms with van der Waals surface area (Å²) >= 11 is 1.51. The Hall–Kier alpha value is -3.59. The van der Waals surface area contributed by atoms with Gasteiger partial charge in [0.25, 0.3) is 5.56 Å². The lowest BCUT2D eigenvalue weighted by atomic mass is 10.1. The summed E-state index contributed by atoms with van der Waals surface area (Å²) < 4.78 is 14.5. The third-order valence-corrected chi connectivity index (χ3v) is 5.46. The lowest BCUT2D eigenvalue weighted by Crippen LogP contribution is -2.20. The van der Waals surface area contributed by atoms with Crippen LogP contribution in [0.15, 0.2) is 58.7 Å². The fraction of sp³-hybridized carbons (Fsp3) is 0.182. The van der Waals surface area contributed by atoms with Crippen LogP contribution in [0.1, 0.15) is 31.0 Å². The molecule has 1 aromatic carbocycles. The summed E-state index contributed by atoms with van der Waals surface area (Å²) in [6.45, 7) is 3.88. The highest BCUT2D eigenvalue weighted by atomic mass is 32.1. The van der Waals surface area contributed by atoms with E-state index >= 15 is 0 Å². The molecule has 0 fully saturated rings. The summed E-state index contributed by atoms with van der Waals surface area (Å²) in [4.78, 5) is 32.9. The fourth-order valence-electron chi connectivity index (χ4n) is 3.01. The van der Waals surface area contributed by atoms with Crippen molar-refractivity contribution in [1.29, 1.82) is 0 Å². The number of thiophene rings is 1. The van der Waals surface area contributed by atoms with Crippen molar-refractivity contribution in [3.05, 3.63) is 81.3 Å². The number of H-pyrrole nitrogens is 1. The van der Waals surface area contributed by atoms with Gasteiger partial charge in [-0.2, -0.15) is 9.78 Å². The Morgan fingerprint density at radius 3 is 2.68 bits per heavy atom. The number of hydrogen-bond acceptors (Lipinski definition) is 5. The van der Waals surface area contributed by atoms with Crippen molar-refractivity contribution in [2.24, 2.45) is 0 Å². The number of hydrogen-bond donors (Lipinski definition) is 2. The normalized spacial score (nSPS) is 11.1. The second kappa shape index (κ2) is 8.65. The van der Waals surface area contributed by atoms with Crippen LogP contribution in [0.3, 0.4) is 0 Å². The molecule has 3 aromatic heterocycles. The third kappa shape index (κ3) is 4.77. The summed E-state index contributed by atoms with van der Waals surface area (Å²) in [7, 11) is 0. The quantitative estimate of drug-likeness (QED) is 0.474. The number of aromatic nitrogens is 4. The standard InChI is InChI=1S/C22H20FN5O2S/c1-13(2)16-12-21(30)26-22(24-16)28-19(11-17(27-28)18-4-3-9-31-18)25-20(29)10-14-5-7-15(23)8-6-14/h3-9,11-13H,10H2,1-2H3,(H,25,29)(H,24,26,30). The molecule has 0 unspecified atom stereocenters. The van der Waals surface area contributed by atoms with E-state index in [2.05, 4.69) is 20.4 Å². The van der Waals surface area contributed by atoms with Crippen LogP contribution in [0.4, 0.5) is 10.2 Å². The zero-order valence-electron chi connectivity index (χ0n) is 16.9. The van der Waals surface area contributed by atoms with E-state index in [9.17, 15) is 14.0 Å². The summed E-state index contributed by atoms with van der Waals surface area (Å²) in [6, 6.07) is 12.8. The van der Waals surface area contributed by atoms with Gasteiger partial charge in [-0.25, -0.2) is 9.37 Å². The molecule has 4 rings (SSSR count). The molecule has 9 heteroatoms. The van der Waals surface area contributed by atoms with E-state index in [0.29, 0.717) is 22.8 Å². The maximum atomic E-state index is 13.1. The predicted molar refractivity (Wildman–Crippen MR) is 118 cm³/mol. The van der Waals surface area contributed by atoms with Crippen LogP contribution in [0.25, 0.3) is 16.5 Å². The first-order valence-corrected chi connectivity index (χ1v) is 10.6. The van der Waals surface area contributed by atoms with Crippen LogP contribution >= 0.6 is 11.3 Å². The smallest absolute Gasteiger partial charge is 0.252 e. The SMILES string of the molecule is CC(C)c1cc(=O)[nH]c(-n2nc(-c3cccs3)cc2NC(=O)Cc2ccc(F)cc2)n1. The van der Waals surface area contributed by atoms with Gasteiger partial charge in [0.1, 0.15) is 17.3 Å². The molecular formula is C22H20FN5O2S. The summed E-state index contributed by atoms with van der Waals surface area (Å²) in [5.41, 5.74) is 1.64. The van der Waals surface area contributed by atoms with Crippen LogP contribution in [-0.4, -0.2) is 25.7 Å². The molecule has 7 nitrogen and oxygen atoms in total. The first kappa shape index (κ1) is 20.7. The van der Waals surface area contributed by atoms with E-state index in [0.717, 1.165) is 4.88 Å². The number of anilines is 1. The van der Waals surface area contributed by atoms with Gasteiger partial charge in [-0.05, 0) is 35.1 Å². The van der Waals surface area contributed by atoms with Crippen LogP contribution in [0.2, 0.25) is 0 Å². The van der Waals surface area contributed by atoms with Crippen LogP contribution in [0, 0.1) is 5.82 Å². The first-order chi connectivity index (χ1) is 14.9. The Bertz CT molecular complexity index is 1260. The van der Waals surface area contributed by atoms with Gasteiger partial charge in [0.2, 0.25) is 11.9 Å². The maximum absolute atomic E-state index is 13.1. The van der Waals surface area contributed by atoms with E-state index in [1.165, 1.54) is 34.2 Å². The summed E-state index contributed by atoms with van der Waals surface area (Å²) in [6.07, 6.45) is 0.0653. The maximum Gasteiger partial charge on any atom is 0.252 e. The molecule has 0 aliphatic heterocycles. The molecule has 0 aliphatic carbocycles. The molecule has 0 bridgehead atoms. The van der Waals surface area contributed by atoms with E-state index in [1.807, 2.05) is 31.4 Å². The van der Waals surface area contributed by atoms with Crippen molar-refractivity contribution in [2.45, 2.75) is 26.2 Å². The average Bonchev–Trinajstić information content (AvgIpc) is 3.39. The van der Waals surface area contributed by atoms with Gasteiger partial charge in [-0.1, -0.05) is 32.0 Å². The van der Waals surface area contributed by atoms with Gasteiger partial charge in [0.05, 0.1) is 17.0 Å². The van der Waals surface area contributed by atoms with Crippen molar-refractivity contribution < 1.29 is 9.18 Å². The van der Waals surface area contributed by atoms with Crippen molar-refractivity contribution in [2.75, 3.05) is 5.32 Å². The molecule has 3 heterocycles. The molecule has 0 aliphatic rings. The molecular weight excluding hydrogens is 417 g/mol. The Morgan fingerprint density at radius 2 is 2.00 bits per heavy atom. The molecule has 0 saturated carbocycles. The Kier molecular flexibility index (Phi) is 5.77. The monoisotopic (exact) mass is 437 g/mol. The van der Waals surface area contributed by atoms with E-state index in [4.69, 9.17) is 0 Å². The van der Waals surface area contributed by atoms with Crippen LogP contribution < -0.4 is 10.9 Å². The molecule has 31 heavy (non-hydrogen) atoms. The van der Waals surface area contributed by atoms with Crippen molar-refractivity contribution in [3.63, 3.8) is 0 Å². The number of carbonyl (C=O) groups is 1. The topological polar surface area (TPSA) is 92.7 Å². The minimum absolute atomic E-state index is 0.0462. The molecule has 0 saturated heterocycles. The minimum Gasteiger partial charge on any atom is -0.310 e. The fourth-order valence-corrected chi connectivity index (χ4v) is 3.69. The highest BCUT2D eigenvalue weighted by molar-refractivity contribution is 7.13. The summed E-state index contributed by atoms with van der Waals surface area (Å²) in [5.74, 6) is -0.0173. The number of aromatic amines is 1. The number of carbonyl (C=O) groups excluding carboxylic acids is 1. The van der Waals surface area contributed by atoms with Gasteiger partial charge >= 0.3 is 0 Å². The average molecular weight is 438 g/mol. The largest absolute Gasteiger partial charge is 0.310 e. The van der Waals surface area contributed by atoms with E-state index < -0.39 is 0 Å². The molecule has 0 radical (unpaired) electrons. The Balaban J connectivity index is 1.70. The second-order valence-electron chi connectivity index (χ2n) is 7.30. The minimum atomic E-state index is -0.358. The zero-order valence-corrected chi connectivity index (χ0v) is 17.7. The Labute approximate surface area is 181 Å². The highest BCUT2D eigenvalue weighted by Crippen LogP contribution is 2.27. The van der Waals surface area contributed by atoms with Gasteiger partial charge in [-0.3, -0.25) is 14.6 Å². The van der Waals surface area contributed by atoms with Gasteiger partial charge in [0, 0.05) is 12.1 Å². The number of rotatable bonds is 6. The highest BCUT2D eigenvalue weighted by Gasteiger charge is 2.17. The van der Waals surface area contributed by atoms with Crippen molar-refractivity contribution >= 4 is 23.1 Å². The summed E-state index contributed by atoms with van der Waals surface area (Å²) in [5, 5.41) is 9.33. The van der Waals surface area contributed by atoms with Crippen LogP contribution in [0.5, 0.6) is 0 Å². The number of nitrogens with one attached hydrogen (secondary N) is 2. The predicted octanol–water partition coefficient (Wildman–Crippen LogP) is 4.13. The van der Waals surface area contributed by atoms with Gasteiger partial charge in [0.15, 0.2) is 0 Å². The van der Waals surface area contributed by atoms with E-state index in [1.54, 1.807) is 18.2 Å². The number of nitrogens with zero attached hydrogens (tertiary/aromatic N) is 3. The number of benzene rings is 1. The van der Waals surface area contributed by atoms with Gasteiger partial charge < -0.3 is 5.32 Å². The Morgan fingerprint density at radius 1 is 1.23 bits per heavy atom. The molecule has 4 aromatic rings. The molecule has 2 N–H and O–H groups in total. The lowest BCUT2D eigenvalue weighted by molar-refractivity contribution is -0.115. The van der Waals surface area contributed by atoms with Crippen molar-refractivity contribution in [3.8, 4) is 16.5 Å². The number of halogens is 1. The van der Waals surface area contributed by atoms with E-state index in [-0.39, 0.29) is 35.6 Å². The molecule has 0 spiro atoms. The lowest BCUT2D eigenvalue weighted by Gasteiger charge is -2.10. The van der Waals surface area contributed by atoms with Gasteiger partial charge in [-0.15, -0.1) is 11.3 Å². The zero-order chi connectivity index (χ0) is 22.0. The second-order valence-corrected chi connectivity index (χ2v) is 8.25. The molecule has 0 atom stereocenters. The number of amides is 1. The van der Waals surface area contributed by atoms with Crippen LogP contribution in [-0.2, 0) is 11.2 Å². The molecule has 1 amide bonds. The molecule has 158 valence electrons. The van der Waals surface area contributed by atoms with Crippen molar-refractivity contribution in [1.82, 2.24) is 19.7 Å². The third-order valence-electron chi connectivity index (χ3n) is 4.57.